The second-order valence-corrected chi connectivity index (χ2v) is 5.87. The molecule has 1 fully saturated rings. The summed E-state index contributed by atoms with van der Waals surface area (Å²) < 4.78 is 13.0. The molecule has 1 N–H and O–H groups in total. The van der Waals surface area contributed by atoms with Crippen LogP contribution >= 0.6 is 0 Å². The Labute approximate surface area is 135 Å². The van der Waals surface area contributed by atoms with Gasteiger partial charge in [-0.3, -0.25) is 14.5 Å². The molecule has 1 amide bonds. The van der Waals surface area contributed by atoms with Crippen LogP contribution in [-0.2, 0) is 9.59 Å². The third kappa shape index (κ3) is 4.07. The van der Waals surface area contributed by atoms with Crippen molar-refractivity contribution in [3.63, 3.8) is 0 Å². The van der Waals surface area contributed by atoms with E-state index >= 15 is 0 Å². The molecule has 0 radical (unpaired) electrons. The number of benzene rings is 1. The highest BCUT2D eigenvalue weighted by molar-refractivity contribution is 5.80. The molecule has 2 atom stereocenters. The lowest BCUT2D eigenvalue weighted by molar-refractivity contribution is -0.143. The van der Waals surface area contributed by atoms with E-state index in [9.17, 15) is 19.1 Å². The van der Waals surface area contributed by atoms with Gasteiger partial charge in [-0.25, -0.2) is 4.39 Å². The maximum absolute atomic E-state index is 13.0. The third-order valence-electron chi connectivity index (χ3n) is 4.47. The maximum Gasteiger partial charge on any atom is 0.320 e. The van der Waals surface area contributed by atoms with Crippen molar-refractivity contribution in [3.05, 3.63) is 35.6 Å². The molecule has 1 aromatic carbocycles. The molecule has 1 saturated heterocycles. The molecule has 23 heavy (non-hydrogen) atoms. The summed E-state index contributed by atoms with van der Waals surface area (Å²) >= 11 is 0. The number of amides is 1. The van der Waals surface area contributed by atoms with E-state index in [1.54, 1.807) is 21.9 Å². The normalized spacial score (nSPS) is 19.5. The molecule has 1 aromatic rings. The van der Waals surface area contributed by atoms with Crippen LogP contribution in [0.15, 0.2) is 24.3 Å². The number of hydrogen-bond acceptors (Lipinski definition) is 3. The lowest BCUT2D eigenvalue weighted by Gasteiger charge is -2.31. The van der Waals surface area contributed by atoms with Crippen molar-refractivity contribution in [2.24, 2.45) is 0 Å². The maximum atomic E-state index is 13.0. The summed E-state index contributed by atoms with van der Waals surface area (Å²) in [7, 11) is 0. The summed E-state index contributed by atoms with van der Waals surface area (Å²) in [5.74, 6) is -1.28. The molecule has 0 aliphatic carbocycles. The van der Waals surface area contributed by atoms with Crippen molar-refractivity contribution in [2.75, 3.05) is 19.6 Å². The Bertz CT molecular complexity index is 561. The number of carboxylic acid groups (broad SMARTS) is 1. The van der Waals surface area contributed by atoms with Crippen LogP contribution in [0.4, 0.5) is 4.39 Å². The molecule has 0 saturated carbocycles. The highest BCUT2D eigenvalue weighted by Gasteiger charge is 2.33. The first-order valence-electron chi connectivity index (χ1n) is 7.95. The van der Waals surface area contributed by atoms with E-state index < -0.39 is 12.0 Å². The Morgan fingerprint density at radius 1 is 1.39 bits per heavy atom. The zero-order chi connectivity index (χ0) is 17.0. The fraction of sp³-hybridized carbons (Fsp3) is 0.529. The highest BCUT2D eigenvalue weighted by Crippen LogP contribution is 2.22. The molecule has 0 bridgehead atoms. The van der Waals surface area contributed by atoms with E-state index in [1.165, 1.54) is 12.1 Å². The predicted octanol–water partition coefficient (Wildman–Crippen LogP) is 2.28. The number of halogens is 1. The van der Waals surface area contributed by atoms with E-state index in [4.69, 9.17) is 0 Å². The van der Waals surface area contributed by atoms with Gasteiger partial charge in [0.25, 0.3) is 0 Å². The molecular formula is C17H23FN2O3. The molecule has 6 heteroatoms. The molecule has 126 valence electrons. The van der Waals surface area contributed by atoms with Gasteiger partial charge in [0.2, 0.25) is 5.91 Å². The summed E-state index contributed by atoms with van der Waals surface area (Å²) in [6, 6.07) is 5.35. The number of rotatable bonds is 6. The lowest BCUT2D eigenvalue weighted by Crippen LogP contribution is -2.45. The monoisotopic (exact) mass is 322 g/mol. The average Bonchev–Trinajstić information content (AvgIpc) is 2.96. The number of hydrogen-bond donors (Lipinski definition) is 1. The van der Waals surface area contributed by atoms with Gasteiger partial charge in [-0.2, -0.15) is 0 Å². The van der Waals surface area contributed by atoms with Crippen LogP contribution in [-0.4, -0.2) is 52.5 Å². The number of carbonyl (C=O) groups excluding carboxylic acids is 1. The van der Waals surface area contributed by atoms with Gasteiger partial charge < -0.3 is 10.0 Å². The third-order valence-corrected chi connectivity index (χ3v) is 4.47. The topological polar surface area (TPSA) is 60.9 Å². The molecule has 1 aliphatic heterocycles. The first kappa shape index (κ1) is 17.4. The molecular weight excluding hydrogens is 299 g/mol. The zero-order valence-corrected chi connectivity index (χ0v) is 13.5. The number of aliphatic carboxylic acids is 1. The Morgan fingerprint density at radius 3 is 2.61 bits per heavy atom. The minimum absolute atomic E-state index is 0.0996. The van der Waals surface area contributed by atoms with E-state index in [-0.39, 0.29) is 24.3 Å². The van der Waals surface area contributed by atoms with Gasteiger partial charge in [0.05, 0.1) is 12.6 Å². The van der Waals surface area contributed by atoms with Crippen LogP contribution < -0.4 is 0 Å². The Kier molecular flexibility index (Phi) is 5.71. The first-order chi connectivity index (χ1) is 10.9. The standard InChI is InChI=1S/C17H23FN2O3/c1-3-20(12(2)13-6-8-14(18)9-7-13)16(21)11-19-10-4-5-15(19)17(22)23/h6-9,12,15H,3-5,10-11H2,1-2H3,(H,22,23). The van der Waals surface area contributed by atoms with Gasteiger partial charge in [0.15, 0.2) is 0 Å². The van der Waals surface area contributed by atoms with Gasteiger partial charge >= 0.3 is 5.97 Å². The van der Waals surface area contributed by atoms with Crippen LogP contribution in [0.5, 0.6) is 0 Å². The van der Waals surface area contributed by atoms with E-state index in [2.05, 4.69) is 0 Å². The average molecular weight is 322 g/mol. The van der Waals surface area contributed by atoms with E-state index in [1.807, 2.05) is 13.8 Å². The second-order valence-electron chi connectivity index (χ2n) is 5.87. The number of likely N-dealkylation sites (N-methyl/N-ethyl adjacent to an activating group) is 1. The molecule has 2 rings (SSSR count). The molecule has 0 spiro atoms. The van der Waals surface area contributed by atoms with Crippen LogP contribution in [0.25, 0.3) is 0 Å². The second kappa shape index (κ2) is 7.55. The molecule has 2 unspecified atom stereocenters. The fourth-order valence-corrected chi connectivity index (χ4v) is 3.15. The van der Waals surface area contributed by atoms with E-state index in [0.717, 1.165) is 12.0 Å². The largest absolute Gasteiger partial charge is 0.480 e. The Balaban J connectivity index is 2.06. The molecule has 1 aliphatic rings. The van der Waals surface area contributed by atoms with Crippen LogP contribution in [0.1, 0.15) is 38.3 Å². The number of likely N-dealkylation sites (tertiary alicyclic amines) is 1. The predicted molar refractivity (Wildman–Crippen MR) is 84.4 cm³/mol. The van der Waals surface area contributed by atoms with Gasteiger partial charge in [-0.05, 0) is 50.9 Å². The Hall–Kier alpha value is -1.95. The van der Waals surface area contributed by atoms with Crippen LogP contribution in [0.2, 0.25) is 0 Å². The molecule has 0 aromatic heterocycles. The smallest absolute Gasteiger partial charge is 0.320 e. The number of carboxylic acids is 1. The van der Waals surface area contributed by atoms with Crippen LogP contribution in [0, 0.1) is 5.82 Å². The quantitative estimate of drug-likeness (QED) is 0.873. The number of carbonyl (C=O) groups is 2. The Morgan fingerprint density at radius 2 is 2.04 bits per heavy atom. The fourth-order valence-electron chi connectivity index (χ4n) is 3.15. The summed E-state index contributed by atoms with van der Waals surface area (Å²) in [6.07, 6.45) is 1.38. The van der Waals surface area contributed by atoms with Crippen molar-refractivity contribution >= 4 is 11.9 Å². The summed E-state index contributed by atoms with van der Waals surface area (Å²) in [5, 5.41) is 9.20. The van der Waals surface area contributed by atoms with Crippen molar-refractivity contribution in [1.29, 1.82) is 0 Å². The van der Waals surface area contributed by atoms with Gasteiger partial charge in [0.1, 0.15) is 11.9 Å². The molecule has 1 heterocycles. The minimum Gasteiger partial charge on any atom is -0.480 e. The minimum atomic E-state index is -0.870. The zero-order valence-electron chi connectivity index (χ0n) is 13.5. The summed E-state index contributed by atoms with van der Waals surface area (Å²) in [6.45, 7) is 5.04. The summed E-state index contributed by atoms with van der Waals surface area (Å²) in [4.78, 5) is 27.2. The van der Waals surface area contributed by atoms with E-state index in [0.29, 0.717) is 19.5 Å². The van der Waals surface area contributed by atoms with Crippen molar-refractivity contribution in [2.45, 2.75) is 38.8 Å². The van der Waals surface area contributed by atoms with Gasteiger partial charge in [0, 0.05) is 6.54 Å². The summed E-state index contributed by atoms with van der Waals surface area (Å²) in [5.41, 5.74) is 0.859. The van der Waals surface area contributed by atoms with Crippen molar-refractivity contribution in [3.8, 4) is 0 Å². The van der Waals surface area contributed by atoms with Gasteiger partial charge in [-0.15, -0.1) is 0 Å². The van der Waals surface area contributed by atoms with Crippen molar-refractivity contribution < 1.29 is 19.1 Å². The lowest BCUT2D eigenvalue weighted by atomic mass is 10.1. The van der Waals surface area contributed by atoms with Crippen molar-refractivity contribution in [1.82, 2.24) is 9.80 Å². The molecule has 5 nitrogen and oxygen atoms in total. The highest BCUT2D eigenvalue weighted by atomic mass is 19.1. The number of nitrogens with zero attached hydrogens (tertiary/aromatic N) is 2. The van der Waals surface area contributed by atoms with Crippen LogP contribution in [0.3, 0.4) is 0 Å². The SMILES string of the molecule is CCN(C(=O)CN1CCCC1C(=O)O)C(C)c1ccc(F)cc1. The van der Waals surface area contributed by atoms with Gasteiger partial charge in [-0.1, -0.05) is 12.1 Å². The first-order valence-corrected chi connectivity index (χ1v) is 7.95.